The summed E-state index contributed by atoms with van der Waals surface area (Å²) in [5, 5.41) is 13.0. The number of benzene rings is 2. The average Bonchev–Trinajstić information content (AvgIpc) is 3.02. The molecule has 3 N–H and O–H groups in total. The van der Waals surface area contributed by atoms with Crippen LogP contribution in [0.15, 0.2) is 103 Å². The zero-order valence-electron chi connectivity index (χ0n) is 27.7. The van der Waals surface area contributed by atoms with Crippen LogP contribution in [0.5, 0.6) is 0 Å². The summed E-state index contributed by atoms with van der Waals surface area (Å²) in [5.74, 6) is 0.360. The Hall–Kier alpha value is -3.68. The molecule has 0 bridgehead atoms. The van der Waals surface area contributed by atoms with Crippen LogP contribution >= 0.6 is 0 Å². The van der Waals surface area contributed by atoms with Crippen LogP contribution in [0, 0.1) is 29.0 Å². The molecule has 0 amide bonds. The van der Waals surface area contributed by atoms with E-state index in [0.717, 1.165) is 40.8 Å². The van der Waals surface area contributed by atoms with Gasteiger partial charge >= 0.3 is 0 Å². The molecule has 43 heavy (non-hydrogen) atoms. The summed E-state index contributed by atoms with van der Waals surface area (Å²) in [6, 6.07) is 16.7. The predicted molar refractivity (Wildman–Crippen MR) is 187 cm³/mol. The van der Waals surface area contributed by atoms with Gasteiger partial charge in [-0.2, -0.15) is 5.26 Å². The summed E-state index contributed by atoms with van der Waals surface area (Å²) in [5.41, 5.74) is 11.3. The van der Waals surface area contributed by atoms with Gasteiger partial charge in [-0.05, 0) is 92.5 Å². The van der Waals surface area contributed by atoms with Gasteiger partial charge in [0.2, 0.25) is 0 Å². The van der Waals surface area contributed by atoms with E-state index in [9.17, 15) is 9.65 Å². The van der Waals surface area contributed by atoms with Crippen LogP contribution in [0.4, 0.5) is 4.39 Å². The second-order valence-electron chi connectivity index (χ2n) is 10.8. The van der Waals surface area contributed by atoms with Crippen LogP contribution in [0.3, 0.4) is 0 Å². The molecule has 3 nitrogen and oxygen atoms in total. The summed E-state index contributed by atoms with van der Waals surface area (Å²) < 4.78 is 13.6. The highest BCUT2D eigenvalue weighted by Gasteiger charge is 2.20. The zero-order valence-corrected chi connectivity index (χ0v) is 27.7. The average molecular weight is 586 g/mol. The van der Waals surface area contributed by atoms with Crippen molar-refractivity contribution in [2.45, 2.75) is 79.6 Å². The van der Waals surface area contributed by atoms with Gasteiger partial charge < -0.3 is 11.1 Å². The fourth-order valence-corrected chi connectivity index (χ4v) is 4.52. The lowest BCUT2D eigenvalue weighted by molar-refractivity contribution is 0.433. The first-order valence-corrected chi connectivity index (χ1v) is 15.6. The van der Waals surface area contributed by atoms with Crippen molar-refractivity contribution in [3.63, 3.8) is 0 Å². The van der Waals surface area contributed by atoms with Crippen LogP contribution < -0.4 is 11.1 Å². The molecule has 2 unspecified atom stereocenters. The number of nitrogens with two attached hydrogens (primary N) is 1. The second-order valence-corrected chi connectivity index (χ2v) is 10.8. The Kier molecular flexibility index (Phi) is 21.8. The molecule has 0 aliphatic heterocycles. The SMILES string of the molecule is C=C(C)CC.C=CC(CCCCCC)C(C)/C(=C/C=C(\C)c1ccccc1C#N)C(=C)NCCc1cccc(F)c1.CN. The quantitative estimate of drug-likeness (QED) is 0.117. The van der Waals surface area contributed by atoms with Crippen molar-refractivity contribution in [2.75, 3.05) is 13.6 Å². The number of nitriles is 1. The van der Waals surface area contributed by atoms with Gasteiger partial charge in [0, 0.05) is 12.2 Å². The van der Waals surface area contributed by atoms with Gasteiger partial charge in [0.25, 0.3) is 0 Å². The summed E-state index contributed by atoms with van der Waals surface area (Å²) in [4.78, 5) is 0. The van der Waals surface area contributed by atoms with Crippen molar-refractivity contribution in [2.24, 2.45) is 17.6 Å². The van der Waals surface area contributed by atoms with E-state index in [1.165, 1.54) is 44.4 Å². The van der Waals surface area contributed by atoms with Crippen molar-refractivity contribution in [1.29, 1.82) is 5.26 Å². The molecule has 0 radical (unpaired) electrons. The van der Waals surface area contributed by atoms with Crippen LogP contribution in [0.1, 0.15) is 89.8 Å². The number of unbranched alkanes of at least 4 members (excludes halogenated alkanes) is 3. The topological polar surface area (TPSA) is 61.8 Å². The monoisotopic (exact) mass is 585 g/mol. The van der Waals surface area contributed by atoms with Gasteiger partial charge in [-0.15, -0.1) is 13.2 Å². The number of halogens is 1. The lowest BCUT2D eigenvalue weighted by atomic mass is 9.82. The van der Waals surface area contributed by atoms with E-state index in [1.807, 2.05) is 44.2 Å². The Morgan fingerprint density at radius 1 is 1.02 bits per heavy atom. The van der Waals surface area contributed by atoms with E-state index >= 15 is 0 Å². The number of nitrogens with zero attached hydrogens (tertiary/aromatic N) is 1. The summed E-state index contributed by atoms with van der Waals surface area (Å²) in [6.45, 7) is 23.5. The highest BCUT2D eigenvalue weighted by atomic mass is 19.1. The van der Waals surface area contributed by atoms with Crippen molar-refractivity contribution in [3.8, 4) is 6.07 Å². The molecule has 0 aliphatic rings. The number of hydrogen-bond acceptors (Lipinski definition) is 3. The van der Waals surface area contributed by atoms with Crippen molar-refractivity contribution < 1.29 is 4.39 Å². The molecular formula is C39H56FN3. The Morgan fingerprint density at radius 2 is 1.70 bits per heavy atom. The molecule has 234 valence electrons. The fourth-order valence-electron chi connectivity index (χ4n) is 4.52. The normalized spacial score (nSPS) is 12.3. The maximum absolute atomic E-state index is 13.6. The van der Waals surface area contributed by atoms with Crippen molar-refractivity contribution >= 4 is 5.57 Å². The Balaban J connectivity index is 0.00000227. The van der Waals surface area contributed by atoms with Gasteiger partial charge in [-0.25, -0.2) is 4.39 Å². The molecule has 0 saturated carbocycles. The van der Waals surface area contributed by atoms with Crippen molar-refractivity contribution in [3.05, 3.63) is 126 Å². The molecule has 4 heteroatoms. The molecule has 2 rings (SSSR count). The lowest BCUT2D eigenvalue weighted by Gasteiger charge is -2.26. The first-order chi connectivity index (χ1) is 20.7. The largest absolute Gasteiger partial charge is 0.385 e. The van der Waals surface area contributed by atoms with E-state index in [0.29, 0.717) is 24.4 Å². The highest BCUT2D eigenvalue weighted by Crippen LogP contribution is 2.30. The molecule has 2 aromatic carbocycles. The summed E-state index contributed by atoms with van der Waals surface area (Å²) >= 11 is 0. The minimum atomic E-state index is -0.212. The molecule has 0 aromatic heterocycles. The van der Waals surface area contributed by atoms with E-state index in [1.54, 1.807) is 12.1 Å². The van der Waals surface area contributed by atoms with Crippen LogP contribution in [-0.4, -0.2) is 13.6 Å². The smallest absolute Gasteiger partial charge is 0.123 e. The van der Waals surface area contributed by atoms with Crippen molar-refractivity contribution in [1.82, 2.24) is 5.32 Å². The predicted octanol–water partition coefficient (Wildman–Crippen LogP) is 10.3. The standard InChI is InChI=1S/C33H41FN2.C5H10.CH5N/c1-6-8-9-10-15-29(7-2)26(4)33(20-19-25(3)32-18-12-11-16-30(32)24-35)27(5)36-22-21-28-14-13-17-31(34)23-28;1-4-5(2)3;1-2/h7,11-14,16-20,23,26,29,36H,2,5-6,8-10,15,21-22H2,1,3-4H3;2,4H2,1,3H3;2H2,1H3/b25-19+,33-20-;;. The third kappa shape index (κ3) is 15.9. The molecule has 0 spiro atoms. The summed E-state index contributed by atoms with van der Waals surface area (Å²) in [7, 11) is 1.50. The fraction of sp³-hybridized carbons (Fsp3) is 0.410. The highest BCUT2D eigenvalue weighted by molar-refractivity contribution is 5.70. The maximum Gasteiger partial charge on any atom is 0.123 e. The third-order valence-corrected chi connectivity index (χ3v) is 7.40. The van der Waals surface area contributed by atoms with Gasteiger partial charge in [-0.3, -0.25) is 0 Å². The molecule has 0 heterocycles. The molecule has 2 aromatic rings. The minimum absolute atomic E-state index is 0.212. The number of nitrogens with one attached hydrogen (secondary N) is 1. The minimum Gasteiger partial charge on any atom is -0.385 e. The van der Waals surface area contributed by atoms with Gasteiger partial charge in [0.15, 0.2) is 0 Å². The van der Waals surface area contributed by atoms with E-state index in [-0.39, 0.29) is 11.7 Å². The second kappa shape index (κ2) is 23.8. The van der Waals surface area contributed by atoms with Gasteiger partial charge in [0.05, 0.1) is 11.6 Å². The molecule has 0 fully saturated rings. The number of hydrogen-bond donors (Lipinski definition) is 2. The lowest BCUT2D eigenvalue weighted by Crippen LogP contribution is -2.22. The van der Waals surface area contributed by atoms with E-state index in [2.05, 4.69) is 75.9 Å². The zero-order chi connectivity index (χ0) is 32.6. The summed E-state index contributed by atoms with van der Waals surface area (Å²) in [6.07, 6.45) is 14.1. The van der Waals surface area contributed by atoms with Gasteiger partial charge in [-0.1, -0.05) is 107 Å². The van der Waals surface area contributed by atoms with E-state index in [4.69, 9.17) is 0 Å². The number of rotatable bonds is 16. The van der Waals surface area contributed by atoms with Crippen LogP contribution in [0.2, 0.25) is 0 Å². The first kappa shape index (κ1) is 39.3. The van der Waals surface area contributed by atoms with Crippen LogP contribution in [0.25, 0.3) is 5.57 Å². The molecule has 0 saturated heterocycles. The van der Waals surface area contributed by atoms with Crippen LogP contribution in [-0.2, 0) is 6.42 Å². The molecule has 0 aliphatic carbocycles. The molecular weight excluding hydrogens is 529 g/mol. The maximum atomic E-state index is 13.6. The van der Waals surface area contributed by atoms with E-state index < -0.39 is 0 Å². The third-order valence-electron chi connectivity index (χ3n) is 7.40. The first-order valence-electron chi connectivity index (χ1n) is 15.6. The Morgan fingerprint density at radius 3 is 2.28 bits per heavy atom. The Bertz CT molecular complexity index is 1210. The Labute approximate surface area is 262 Å². The number of allylic oxidation sites excluding steroid dienone is 6. The molecule has 2 atom stereocenters. The van der Waals surface area contributed by atoms with Gasteiger partial charge in [0.1, 0.15) is 5.82 Å².